The van der Waals surface area contributed by atoms with Crippen LogP contribution in [0.25, 0.3) is 0 Å². The van der Waals surface area contributed by atoms with Gasteiger partial charge in [0.1, 0.15) is 18.1 Å². The van der Waals surface area contributed by atoms with E-state index in [0.29, 0.717) is 30.5 Å². The molecule has 0 atom stereocenters. The van der Waals surface area contributed by atoms with Crippen LogP contribution in [-0.2, 0) is 6.54 Å². The number of halogens is 1. The first-order valence-electron chi connectivity index (χ1n) is 7.21. The number of hydrogen-bond acceptors (Lipinski definition) is 3. The van der Waals surface area contributed by atoms with Crippen LogP contribution in [-0.4, -0.2) is 26.3 Å². The molecular formula is C17H19ClN2O3. The summed E-state index contributed by atoms with van der Waals surface area (Å²) in [6.07, 6.45) is 0. The fourth-order valence-corrected chi connectivity index (χ4v) is 2.07. The predicted molar refractivity (Wildman–Crippen MR) is 90.2 cm³/mol. The lowest BCUT2D eigenvalue weighted by Crippen LogP contribution is -2.37. The average Bonchev–Trinajstić information content (AvgIpc) is 2.59. The number of carbonyl (C=O) groups excluding carboxylic acids is 1. The monoisotopic (exact) mass is 334 g/mol. The summed E-state index contributed by atoms with van der Waals surface area (Å²) in [7, 11) is 1.62. The van der Waals surface area contributed by atoms with E-state index in [1.807, 2.05) is 36.4 Å². The standard InChI is InChI=1S/C17H19ClN2O3/c1-22-14-8-6-13(7-9-14)12-20-17(21)19-10-11-23-16-5-3-2-4-15(16)18/h2-9H,10-12H2,1H3,(H2,19,20,21). The molecule has 0 bridgehead atoms. The molecule has 2 amide bonds. The molecule has 2 aromatic rings. The van der Waals surface area contributed by atoms with Gasteiger partial charge in [-0.3, -0.25) is 0 Å². The zero-order valence-electron chi connectivity index (χ0n) is 12.8. The first-order valence-corrected chi connectivity index (χ1v) is 7.59. The average molecular weight is 335 g/mol. The second-order valence-corrected chi connectivity index (χ2v) is 5.14. The molecule has 23 heavy (non-hydrogen) atoms. The van der Waals surface area contributed by atoms with Gasteiger partial charge in [-0.2, -0.15) is 0 Å². The smallest absolute Gasteiger partial charge is 0.315 e. The van der Waals surface area contributed by atoms with Crippen LogP contribution in [0.5, 0.6) is 11.5 Å². The van der Waals surface area contributed by atoms with Gasteiger partial charge in [0.05, 0.1) is 18.7 Å². The van der Waals surface area contributed by atoms with Crippen molar-refractivity contribution < 1.29 is 14.3 Å². The van der Waals surface area contributed by atoms with E-state index in [1.54, 1.807) is 19.2 Å². The lowest BCUT2D eigenvalue weighted by molar-refractivity contribution is 0.236. The summed E-state index contributed by atoms with van der Waals surface area (Å²) in [5, 5.41) is 6.05. The van der Waals surface area contributed by atoms with Gasteiger partial charge in [-0.1, -0.05) is 35.9 Å². The molecule has 2 aromatic carbocycles. The molecule has 0 saturated heterocycles. The van der Waals surface area contributed by atoms with Gasteiger partial charge < -0.3 is 20.1 Å². The van der Waals surface area contributed by atoms with Crippen LogP contribution in [0.15, 0.2) is 48.5 Å². The highest BCUT2D eigenvalue weighted by Gasteiger charge is 2.02. The van der Waals surface area contributed by atoms with E-state index >= 15 is 0 Å². The Morgan fingerprint density at radius 3 is 2.52 bits per heavy atom. The van der Waals surface area contributed by atoms with Gasteiger partial charge in [0.15, 0.2) is 0 Å². The molecule has 0 spiro atoms. The molecule has 0 aromatic heterocycles. The van der Waals surface area contributed by atoms with Crippen LogP contribution in [0.3, 0.4) is 0 Å². The van der Waals surface area contributed by atoms with Crippen LogP contribution in [0, 0.1) is 0 Å². The molecule has 0 unspecified atom stereocenters. The Bertz CT molecular complexity index is 632. The van der Waals surface area contributed by atoms with Crippen molar-refractivity contribution in [2.75, 3.05) is 20.3 Å². The number of benzene rings is 2. The maximum Gasteiger partial charge on any atom is 0.315 e. The molecule has 0 heterocycles. The predicted octanol–water partition coefficient (Wildman–Crippen LogP) is 3.23. The molecule has 0 radical (unpaired) electrons. The summed E-state index contributed by atoms with van der Waals surface area (Å²) in [5.41, 5.74) is 0.994. The topological polar surface area (TPSA) is 59.6 Å². The maximum absolute atomic E-state index is 11.7. The van der Waals surface area contributed by atoms with Gasteiger partial charge in [0, 0.05) is 6.54 Å². The van der Waals surface area contributed by atoms with Crippen LogP contribution in [0.4, 0.5) is 4.79 Å². The summed E-state index contributed by atoms with van der Waals surface area (Å²) >= 11 is 5.97. The molecule has 0 aliphatic heterocycles. The van der Waals surface area contributed by atoms with E-state index in [-0.39, 0.29) is 6.03 Å². The minimum Gasteiger partial charge on any atom is -0.497 e. The van der Waals surface area contributed by atoms with E-state index in [2.05, 4.69) is 10.6 Å². The molecule has 0 aliphatic rings. The van der Waals surface area contributed by atoms with E-state index in [0.717, 1.165) is 11.3 Å². The van der Waals surface area contributed by atoms with Crippen molar-refractivity contribution in [3.63, 3.8) is 0 Å². The molecule has 2 rings (SSSR count). The highest BCUT2D eigenvalue weighted by Crippen LogP contribution is 2.22. The van der Waals surface area contributed by atoms with Crippen molar-refractivity contribution in [3.05, 3.63) is 59.1 Å². The third kappa shape index (κ3) is 5.71. The fourth-order valence-electron chi connectivity index (χ4n) is 1.88. The molecule has 0 fully saturated rings. The highest BCUT2D eigenvalue weighted by atomic mass is 35.5. The molecule has 0 saturated carbocycles. The van der Waals surface area contributed by atoms with Crippen LogP contribution in [0.2, 0.25) is 5.02 Å². The SMILES string of the molecule is COc1ccc(CNC(=O)NCCOc2ccccc2Cl)cc1. The van der Waals surface area contributed by atoms with E-state index in [1.165, 1.54) is 0 Å². The van der Waals surface area contributed by atoms with Crippen LogP contribution < -0.4 is 20.1 Å². The Balaban J connectivity index is 1.64. The molecular weight excluding hydrogens is 316 g/mol. The quantitative estimate of drug-likeness (QED) is 0.764. The largest absolute Gasteiger partial charge is 0.497 e. The van der Waals surface area contributed by atoms with E-state index < -0.39 is 0 Å². The maximum atomic E-state index is 11.7. The van der Waals surface area contributed by atoms with Gasteiger partial charge in [0.2, 0.25) is 0 Å². The number of nitrogens with one attached hydrogen (secondary N) is 2. The summed E-state index contributed by atoms with van der Waals surface area (Å²) in [6, 6.07) is 14.5. The number of amides is 2. The van der Waals surface area contributed by atoms with E-state index in [9.17, 15) is 4.79 Å². The van der Waals surface area contributed by atoms with Crippen LogP contribution >= 0.6 is 11.6 Å². The van der Waals surface area contributed by atoms with Crippen molar-refractivity contribution in [2.24, 2.45) is 0 Å². The zero-order valence-corrected chi connectivity index (χ0v) is 13.6. The molecule has 5 nitrogen and oxygen atoms in total. The Kier molecular flexibility index (Phi) is 6.56. The second-order valence-electron chi connectivity index (χ2n) is 4.74. The third-order valence-corrected chi connectivity index (χ3v) is 3.41. The minimum absolute atomic E-state index is 0.247. The third-order valence-electron chi connectivity index (χ3n) is 3.09. The van der Waals surface area contributed by atoms with E-state index in [4.69, 9.17) is 21.1 Å². The lowest BCUT2D eigenvalue weighted by atomic mass is 10.2. The normalized spacial score (nSPS) is 10.0. The molecule has 6 heteroatoms. The number of urea groups is 1. The summed E-state index contributed by atoms with van der Waals surface area (Å²) in [6.45, 7) is 1.18. The Morgan fingerprint density at radius 1 is 1.09 bits per heavy atom. The van der Waals surface area contributed by atoms with Crippen molar-refractivity contribution in [3.8, 4) is 11.5 Å². The van der Waals surface area contributed by atoms with Gasteiger partial charge in [0.25, 0.3) is 0 Å². The van der Waals surface area contributed by atoms with Gasteiger partial charge >= 0.3 is 6.03 Å². The number of ether oxygens (including phenoxy) is 2. The van der Waals surface area contributed by atoms with Crippen LogP contribution in [0.1, 0.15) is 5.56 Å². The summed E-state index contributed by atoms with van der Waals surface area (Å²) in [4.78, 5) is 11.7. The fraction of sp³-hybridized carbons (Fsp3) is 0.235. The second kappa shape index (κ2) is 8.90. The van der Waals surface area contributed by atoms with Crippen molar-refractivity contribution in [1.82, 2.24) is 10.6 Å². The number of carbonyl (C=O) groups is 1. The first kappa shape index (κ1) is 17.0. The number of rotatable bonds is 7. The molecule has 0 aliphatic carbocycles. The Labute approximate surface area is 140 Å². The Hall–Kier alpha value is -2.40. The summed E-state index contributed by atoms with van der Waals surface area (Å²) < 4.78 is 10.6. The van der Waals surface area contributed by atoms with Crippen molar-refractivity contribution in [2.45, 2.75) is 6.54 Å². The minimum atomic E-state index is -0.247. The lowest BCUT2D eigenvalue weighted by Gasteiger charge is -2.10. The van der Waals surface area contributed by atoms with Crippen molar-refractivity contribution in [1.29, 1.82) is 0 Å². The van der Waals surface area contributed by atoms with Gasteiger partial charge in [-0.25, -0.2) is 4.79 Å². The van der Waals surface area contributed by atoms with Gasteiger partial charge in [-0.15, -0.1) is 0 Å². The molecule has 122 valence electrons. The number of hydrogen-bond donors (Lipinski definition) is 2. The van der Waals surface area contributed by atoms with Crippen molar-refractivity contribution >= 4 is 17.6 Å². The highest BCUT2D eigenvalue weighted by molar-refractivity contribution is 6.32. The Morgan fingerprint density at radius 2 is 1.83 bits per heavy atom. The molecule has 2 N–H and O–H groups in total. The zero-order chi connectivity index (χ0) is 16.5. The summed E-state index contributed by atoms with van der Waals surface area (Å²) in [5.74, 6) is 1.39. The number of para-hydroxylation sites is 1. The van der Waals surface area contributed by atoms with Gasteiger partial charge in [-0.05, 0) is 29.8 Å². The first-order chi connectivity index (χ1) is 11.2. The number of methoxy groups -OCH3 is 1.